The Bertz CT molecular complexity index is 423. The van der Waals surface area contributed by atoms with Crippen molar-refractivity contribution >= 4 is 85.8 Å². The van der Waals surface area contributed by atoms with Crippen molar-refractivity contribution in [2.45, 2.75) is 83.6 Å². The highest BCUT2D eigenvalue weighted by Gasteiger charge is 2.21. The molecule has 1 rings (SSSR count). The number of unbranched alkanes of at least 4 members (excludes halogenated alkanes) is 4. The minimum Gasteiger partial charge on any atom is -0.385 e. The third-order valence-corrected chi connectivity index (χ3v) is 7.29. The van der Waals surface area contributed by atoms with Crippen LogP contribution in [0.1, 0.15) is 77.6 Å². The van der Waals surface area contributed by atoms with E-state index in [0.29, 0.717) is 14.7 Å². The van der Waals surface area contributed by atoms with Gasteiger partial charge in [-0.2, -0.15) is 0 Å². The zero-order valence-electron chi connectivity index (χ0n) is 17.1. The van der Waals surface area contributed by atoms with Crippen LogP contribution in [-0.2, 0) is 0 Å². The SMILES string of the molecule is CCCCCN(C(=S)S)C1CCCCC1.NC(=S)SCCCCCSC(N)=S. The van der Waals surface area contributed by atoms with E-state index in [1.54, 1.807) is 23.5 Å². The maximum atomic E-state index is 5.33. The molecule has 164 valence electrons. The minimum atomic E-state index is 0.539. The fourth-order valence-electron chi connectivity index (χ4n) is 3.09. The molecular weight excluding hydrogens is 463 g/mol. The number of thiol groups is 1. The molecule has 0 unspecified atom stereocenters. The van der Waals surface area contributed by atoms with Crippen LogP contribution in [0.15, 0.2) is 0 Å². The molecule has 0 aromatic carbocycles. The highest BCUT2D eigenvalue weighted by atomic mass is 32.2. The van der Waals surface area contributed by atoms with Crippen molar-refractivity contribution in [2.75, 3.05) is 18.1 Å². The highest BCUT2D eigenvalue weighted by molar-refractivity contribution is 8.23. The third kappa shape index (κ3) is 17.6. The Balaban J connectivity index is 0.000000528. The summed E-state index contributed by atoms with van der Waals surface area (Å²) in [6.45, 7) is 3.35. The molecule has 0 bridgehead atoms. The lowest BCUT2D eigenvalue weighted by molar-refractivity contribution is 0.247. The van der Waals surface area contributed by atoms with Gasteiger partial charge in [0, 0.05) is 24.1 Å². The van der Waals surface area contributed by atoms with Crippen molar-refractivity contribution in [1.82, 2.24) is 4.90 Å². The quantitative estimate of drug-likeness (QED) is 0.178. The summed E-state index contributed by atoms with van der Waals surface area (Å²) in [6, 6.07) is 0.681. The van der Waals surface area contributed by atoms with Crippen LogP contribution in [0.5, 0.6) is 0 Å². The average Bonchev–Trinajstić information content (AvgIpc) is 2.65. The zero-order valence-corrected chi connectivity index (χ0v) is 22.0. The summed E-state index contributed by atoms with van der Waals surface area (Å²) in [6.07, 6.45) is 14.1. The molecule has 0 aromatic heterocycles. The van der Waals surface area contributed by atoms with Gasteiger partial charge in [-0.1, -0.05) is 106 Å². The molecule has 1 aliphatic carbocycles. The van der Waals surface area contributed by atoms with Crippen LogP contribution in [0.4, 0.5) is 0 Å². The van der Waals surface area contributed by atoms with Gasteiger partial charge in [-0.15, -0.1) is 12.6 Å². The van der Waals surface area contributed by atoms with Crippen molar-refractivity contribution in [3.05, 3.63) is 0 Å². The Morgan fingerprint density at radius 1 is 0.893 bits per heavy atom. The molecule has 0 amide bonds. The predicted octanol–water partition coefficient (Wildman–Crippen LogP) is 6.14. The summed E-state index contributed by atoms with van der Waals surface area (Å²) in [5.74, 6) is 2.04. The number of thioether (sulfide) groups is 2. The van der Waals surface area contributed by atoms with Gasteiger partial charge in [-0.25, -0.2) is 0 Å². The number of nitrogens with zero attached hydrogens (tertiary/aromatic N) is 1. The standard InChI is InChI=1S/C12H23NS2.C7H14N2S4/c1-2-3-7-10-13(12(14)15)11-8-5-4-6-9-11;8-6(10)12-4-2-1-3-5-13-7(9)11/h11H,2-10H2,1H3,(H,14,15);1-5H2,(H2,8,10)(H2,9,11). The number of rotatable bonds is 11. The lowest BCUT2D eigenvalue weighted by atomic mass is 9.94. The van der Waals surface area contributed by atoms with Crippen LogP contribution in [0.2, 0.25) is 0 Å². The molecule has 1 fully saturated rings. The number of thiocarbonyl (C=S) groups is 3. The second-order valence-electron chi connectivity index (χ2n) is 6.87. The van der Waals surface area contributed by atoms with E-state index in [1.807, 2.05) is 0 Å². The molecule has 9 heteroatoms. The van der Waals surface area contributed by atoms with Crippen molar-refractivity contribution in [3.63, 3.8) is 0 Å². The van der Waals surface area contributed by atoms with Crippen molar-refractivity contribution in [2.24, 2.45) is 11.5 Å². The number of nitrogens with two attached hydrogens (primary N) is 2. The Morgan fingerprint density at radius 2 is 1.43 bits per heavy atom. The Kier molecular flexibility index (Phi) is 20.2. The number of hydrogen-bond acceptors (Lipinski definition) is 5. The first-order valence-electron chi connectivity index (χ1n) is 10.2. The molecule has 0 aliphatic heterocycles. The van der Waals surface area contributed by atoms with Gasteiger partial charge in [-0.3, -0.25) is 0 Å². The van der Waals surface area contributed by atoms with Gasteiger partial charge in [-0.05, 0) is 32.1 Å². The van der Waals surface area contributed by atoms with Crippen LogP contribution < -0.4 is 11.5 Å². The maximum Gasteiger partial charge on any atom is 0.133 e. The topological polar surface area (TPSA) is 55.3 Å². The van der Waals surface area contributed by atoms with E-state index < -0.39 is 0 Å². The Labute approximate surface area is 202 Å². The molecule has 1 aliphatic rings. The van der Waals surface area contributed by atoms with Crippen molar-refractivity contribution in [1.29, 1.82) is 0 Å². The molecule has 0 atom stereocenters. The first-order chi connectivity index (χ1) is 13.4. The monoisotopic (exact) mass is 499 g/mol. The summed E-state index contributed by atoms with van der Waals surface area (Å²) in [5, 5.41) is 0. The minimum absolute atomic E-state index is 0.539. The zero-order chi connectivity index (χ0) is 21.2. The average molecular weight is 500 g/mol. The maximum absolute atomic E-state index is 5.33. The molecule has 3 nitrogen and oxygen atoms in total. The van der Waals surface area contributed by atoms with Crippen LogP contribution in [0.3, 0.4) is 0 Å². The van der Waals surface area contributed by atoms with Gasteiger partial charge in [0.25, 0.3) is 0 Å². The summed E-state index contributed by atoms with van der Waals surface area (Å²) < 4.78 is 1.88. The van der Waals surface area contributed by atoms with E-state index in [4.69, 9.17) is 48.1 Å². The molecule has 0 aromatic rings. The summed E-state index contributed by atoms with van der Waals surface area (Å²) >= 11 is 22.2. The van der Waals surface area contributed by atoms with Crippen LogP contribution in [0.25, 0.3) is 0 Å². The fraction of sp³-hybridized carbons (Fsp3) is 0.842. The smallest absolute Gasteiger partial charge is 0.133 e. The first kappa shape index (κ1) is 28.7. The largest absolute Gasteiger partial charge is 0.385 e. The summed E-state index contributed by atoms with van der Waals surface area (Å²) in [5.41, 5.74) is 10.7. The van der Waals surface area contributed by atoms with Gasteiger partial charge in [0.15, 0.2) is 0 Å². The third-order valence-electron chi connectivity index (χ3n) is 4.54. The lowest BCUT2D eigenvalue weighted by Gasteiger charge is -2.34. The van der Waals surface area contributed by atoms with Crippen LogP contribution >= 0.6 is 72.8 Å². The lowest BCUT2D eigenvalue weighted by Crippen LogP contribution is -2.39. The Morgan fingerprint density at radius 3 is 1.86 bits per heavy atom. The van der Waals surface area contributed by atoms with Gasteiger partial charge in [0.1, 0.15) is 13.0 Å². The second kappa shape index (κ2) is 19.7. The summed E-state index contributed by atoms with van der Waals surface area (Å²) in [7, 11) is 0. The summed E-state index contributed by atoms with van der Waals surface area (Å²) in [4.78, 5) is 2.35. The van der Waals surface area contributed by atoms with E-state index in [0.717, 1.165) is 35.2 Å². The van der Waals surface area contributed by atoms with Crippen molar-refractivity contribution < 1.29 is 0 Å². The van der Waals surface area contributed by atoms with Crippen molar-refractivity contribution in [3.8, 4) is 0 Å². The van der Waals surface area contributed by atoms with Gasteiger partial charge in [0.2, 0.25) is 0 Å². The van der Waals surface area contributed by atoms with E-state index >= 15 is 0 Å². The Hall–Kier alpha value is 0.720. The van der Waals surface area contributed by atoms with E-state index in [1.165, 1.54) is 57.8 Å². The first-order valence-corrected chi connectivity index (χ1v) is 13.9. The molecule has 0 spiro atoms. The fourth-order valence-corrected chi connectivity index (χ4v) is 5.19. The molecule has 4 N–H and O–H groups in total. The van der Waals surface area contributed by atoms with Gasteiger partial charge < -0.3 is 16.4 Å². The number of hydrogen-bond donors (Lipinski definition) is 3. The normalized spacial score (nSPS) is 14.1. The molecule has 28 heavy (non-hydrogen) atoms. The van der Waals surface area contributed by atoms with E-state index in [2.05, 4.69) is 24.5 Å². The molecule has 0 saturated heterocycles. The molecule has 0 radical (unpaired) electrons. The molecule has 1 saturated carbocycles. The molecule has 0 heterocycles. The predicted molar refractivity (Wildman–Crippen MR) is 147 cm³/mol. The molecular formula is C19H37N3S6. The van der Waals surface area contributed by atoms with E-state index in [9.17, 15) is 0 Å². The van der Waals surface area contributed by atoms with E-state index in [-0.39, 0.29) is 0 Å². The van der Waals surface area contributed by atoms with Crippen LogP contribution in [-0.4, -0.2) is 42.0 Å². The van der Waals surface area contributed by atoms with Gasteiger partial charge >= 0.3 is 0 Å². The highest BCUT2D eigenvalue weighted by Crippen LogP contribution is 2.24. The second-order valence-corrected chi connectivity index (χ2v) is 11.7. The van der Waals surface area contributed by atoms with Crippen LogP contribution in [0, 0.1) is 0 Å². The van der Waals surface area contributed by atoms with Gasteiger partial charge in [0.05, 0.1) is 0 Å².